The minimum absolute atomic E-state index is 0.792. The molecule has 3 rings (SSSR count). The molecule has 0 bridgehead atoms. The average Bonchev–Trinajstić information content (AvgIpc) is 3.22. The molecule has 112 valence electrons. The van der Waals surface area contributed by atoms with E-state index in [1.165, 1.54) is 50.9 Å². The molecule has 1 aromatic heterocycles. The van der Waals surface area contributed by atoms with Crippen LogP contribution in [-0.4, -0.2) is 40.4 Å². The molecule has 1 unspecified atom stereocenters. The smallest absolute Gasteiger partial charge is 0.131 e. The summed E-state index contributed by atoms with van der Waals surface area (Å²) < 4.78 is 1.78. The molecule has 4 nitrogen and oxygen atoms in total. The molecule has 2 aliphatic rings. The summed E-state index contributed by atoms with van der Waals surface area (Å²) in [7, 11) is 1.91. The zero-order chi connectivity index (χ0) is 14.1. The molecule has 20 heavy (non-hydrogen) atoms. The summed E-state index contributed by atoms with van der Waals surface area (Å²) in [4.78, 5) is 2.54. The van der Waals surface area contributed by atoms with E-state index in [1.54, 1.807) is 4.68 Å². The van der Waals surface area contributed by atoms with E-state index in [2.05, 4.69) is 22.2 Å². The van der Waals surface area contributed by atoms with Crippen LogP contribution in [0.4, 0.5) is 0 Å². The van der Waals surface area contributed by atoms with Gasteiger partial charge in [-0.25, -0.2) is 0 Å². The van der Waals surface area contributed by atoms with Gasteiger partial charge in [0.2, 0.25) is 0 Å². The largest absolute Gasteiger partial charge is 0.314 e. The lowest BCUT2D eigenvalue weighted by Crippen LogP contribution is -2.39. The predicted molar refractivity (Wildman–Crippen MR) is 82.0 cm³/mol. The zero-order valence-corrected chi connectivity index (χ0v) is 13.3. The summed E-state index contributed by atoms with van der Waals surface area (Å²) in [6.07, 6.45) is 5.41. The molecular weight excluding hydrogens is 272 g/mol. The molecule has 1 aliphatic carbocycles. The van der Waals surface area contributed by atoms with Crippen molar-refractivity contribution >= 4 is 11.6 Å². The highest BCUT2D eigenvalue weighted by atomic mass is 35.5. The van der Waals surface area contributed by atoms with E-state index >= 15 is 0 Å². The zero-order valence-electron chi connectivity index (χ0n) is 12.5. The number of hydrogen-bond donors (Lipinski definition) is 1. The molecular formula is C15H25ClN4. The van der Waals surface area contributed by atoms with E-state index < -0.39 is 0 Å². The number of aromatic nitrogens is 2. The number of aryl methyl sites for hydroxylation is 2. The standard InChI is InChI=1S/C15H25ClN4/c1-11-14(15(16)19(2)18-11)10-20-7-3-4-12(9-20)8-17-13-5-6-13/h12-13,17H,3-10H2,1-2H3. The fraction of sp³-hybridized carbons (Fsp3) is 0.800. The number of piperidine rings is 1. The normalized spacial score (nSPS) is 24.2. The molecule has 1 atom stereocenters. The van der Waals surface area contributed by atoms with Gasteiger partial charge in [-0.3, -0.25) is 9.58 Å². The Kier molecular flexibility index (Phi) is 4.34. The first-order valence-electron chi connectivity index (χ1n) is 7.77. The van der Waals surface area contributed by atoms with Crippen LogP contribution in [0.3, 0.4) is 0 Å². The van der Waals surface area contributed by atoms with Crippen LogP contribution < -0.4 is 5.32 Å². The lowest BCUT2D eigenvalue weighted by atomic mass is 9.97. The molecule has 1 N–H and O–H groups in total. The fourth-order valence-corrected chi connectivity index (χ4v) is 3.39. The van der Waals surface area contributed by atoms with E-state index in [0.29, 0.717) is 0 Å². The third-order valence-corrected chi connectivity index (χ3v) is 5.00. The fourth-order valence-electron chi connectivity index (χ4n) is 3.16. The van der Waals surface area contributed by atoms with Gasteiger partial charge >= 0.3 is 0 Å². The van der Waals surface area contributed by atoms with E-state index in [-0.39, 0.29) is 0 Å². The Hall–Kier alpha value is -0.580. The second kappa shape index (κ2) is 6.04. The maximum absolute atomic E-state index is 6.34. The van der Waals surface area contributed by atoms with E-state index in [4.69, 9.17) is 11.6 Å². The van der Waals surface area contributed by atoms with Crippen molar-refractivity contribution in [3.05, 3.63) is 16.4 Å². The monoisotopic (exact) mass is 296 g/mol. The molecule has 1 aromatic rings. The van der Waals surface area contributed by atoms with Crippen LogP contribution in [0.1, 0.15) is 36.9 Å². The van der Waals surface area contributed by atoms with Gasteiger partial charge in [-0.05, 0) is 51.6 Å². The van der Waals surface area contributed by atoms with Gasteiger partial charge in [0.15, 0.2) is 0 Å². The highest BCUT2D eigenvalue weighted by molar-refractivity contribution is 6.30. The van der Waals surface area contributed by atoms with Crippen molar-refractivity contribution in [2.45, 2.75) is 45.2 Å². The van der Waals surface area contributed by atoms with Gasteiger partial charge in [-0.15, -0.1) is 0 Å². The number of likely N-dealkylation sites (tertiary alicyclic amines) is 1. The minimum Gasteiger partial charge on any atom is -0.314 e. The van der Waals surface area contributed by atoms with Gasteiger partial charge in [0.05, 0.1) is 5.69 Å². The predicted octanol–water partition coefficient (Wildman–Crippen LogP) is 2.35. The van der Waals surface area contributed by atoms with Crippen molar-refractivity contribution in [3.8, 4) is 0 Å². The Labute approximate surface area is 126 Å². The third kappa shape index (κ3) is 3.35. The first kappa shape index (κ1) is 14.4. The Bertz CT molecular complexity index is 467. The van der Waals surface area contributed by atoms with Crippen LogP contribution in [0, 0.1) is 12.8 Å². The van der Waals surface area contributed by atoms with Crippen LogP contribution in [0.25, 0.3) is 0 Å². The van der Waals surface area contributed by atoms with E-state index in [0.717, 1.165) is 29.4 Å². The van der Waals surface area contributed by atoms with Gasteiger partial charge < -0.3 is 5.32 Å². The minimum atomic E-state index is 0.792. The molecule has 0 aromatic carbocycles. The Morgan fingerprint density at radius 1 is 1.35 bits per heavy atom. The topological polar surface area (TPSA) is 33.1 Å². The summed E-state index contributed by atoms with van der Waals surface area (Å²) in [5.74, 6) is 0.792. The van der Waals surface area contributed by atoms with Gasteiger partial charge in [-0.1, -0.05) is 11.6 Å². The molecule has 5 heteroatoms. The lowest BCUT2D eigenvalue weighted by molar-refractivity contribution is 0.165. The summed E-state index contributed by atoms with van der Waals surface area (Å²) in [5.41, 5.74) is 2.26. The van der Waals surface area contributed by atoms with Crippen molar-refractivity contribution < 1.29 is 0 Å². The van der Waals surface area contributed by atoms with Crippen molar-refractivity contribution in [1.82, 2.24) is 20.0 Å². The van der Waals surface area contributed by atoms with E-state index in [1.807, 2.05) is 7.05 Å². The molecule has 0 amide bonds. The first-order valence-corrected chi connectivity index (χ1v) is 8.15. The second-order valence-corrected chi connectivity index (χ2v) is 6.76. The third-order valence-electron chi connectivity index (χ3n) is 4.53. The second-order valence-electron chi connectivity index (χ2n) is 6.40. The molecule has 2 fully saturated rings. The Morgan fingerprint density at radius 3 is 2.80 bits per heavy atom. The van der Waals surface area contributed by atoms with Crippen molar-refractivity contribution in [3.63, 3.8) is 0 Å². The Morgan fingerprint density at radius 2 is 2.15 bits per heavy atom. The van der Waals surface area contributed by atoms with Crippen LogP contribution >= 0.6 is 11.6 Å². The molecule has 1 saturated heterocycles. The summed E-state index contributed by atoms with van der Waals surface area (Å²) >= 11 is 6.34. The van der Waals surface area contributed by atoms with Gasteiger partial charge in [0.1, 0.15) is 5.15 Å². The van der Waals surface area contributed by atoms with Crippen LogP contribution in [0.5, 0.6) is 0 Å². The first-order chi connectivity index (χ1) is 9.63. The number of nitrogens with one attached hydrogen (secondary N) is 1. The quantitative estimate of drug-likeness (QED) is 0.905. The average molecular weight is 297 g/mol. The van der Waals surface area contributed by atoms with Crippen LogP contribution in [0.15, 0.2) is 0 Å². The highest BCUT2D eigenvalue weighted by Gasteiger charge is 2.25. The number of rotatable bonds is 5. The maximum Gasteiger partial charge on any atom is 0.131 e. The Balaban J connectivity index is 1.56. The van der Waals surface area contributed by atoms with Crippen LogP contribution in [-0.2, 0) is 13.6 Å². The SMILES string of the molecule is Cc1nn(C)c(Cl)c1CN1CCCC(CNC2CC2)C1. The van der Waals surface area contributed by atoms with Crippen LogP contribution in [0.2, 0.25) is 5.15 Å². The summed E-state index contributed by atoms with van der Waals surface area (Å²) in [6, 6.07) is 0.820. The van der Waals surface area contributed by atoms with Crippen molar-refractivity contribution in [2.75, 3.05) is 19.6 Å². The maximum atomic E-state index is 6.34. The molecule has 0 radical (unpaired) electrons. The van der Waals surface area contributed by atoms with Crippen molar-refractivity contribution in [1.29, 1.82) is 0 Å². The summed E-state index contributed by atoms with van der Waals surface area (Å²) in [5, 5.41) is 8.87. The van der Waals surface area contributed by atoms with Gasteiger partial charge in [-0.2, -0.15) is 5.10 Å². The molecule has 2 heterocycles. The van der Waals surface area contributed by atoms with Crippen molar-refractivity contribution in [2.24, 2.45) is 13.0 Å². The summed E-state index contributed by atoms with van der Waals surface area (Å²) in [6.45, 7) is 6.55. The molecule has 1 saturated carbocycles. The highest BCUT2D eigenvalue weighted by Crippen LogP contribution is 2.25. The van der Waals surface area contributed by atoms with Gasteiger partial charge in [0, 0.05) is 31.7 Å². The van der Waals surface area contributed by atoms with E-state index in [9.17, 15) is 0 Å². The number of nitrogens with zero attached hydrogens (tertiary/aromatic N) is 3. The molecule has 1 aliphatic heterocycles. The lowest BCUT2D eigenvalue weighted by Gasteiger charge is -2.32. The van der Waals surface area contributed by atoms with Gasteiger partial charge in [0.25, 0.3) is 0 Å². The number of halogens is 1. The number of hydrogen-bond acceptors (Lipinski definition) is 3. The molecule has 0 spiro atoms.